The summed E-state index contributed by atoms with van der Waals surface area (Å²) in [6, 6.07) is 0. The van der Waals surface area contributed by atoms with Crippen molar-refractivity contribution in [2.75, 3.05) is 42.3 Å². The van der Waals surface area contributed by atoms with Gasteiger partial charge in [-0.1, -0.05) is 46.5 Å². The van der Waals surface area contributed by atoms with Crippen molar-refractivity contribution < 1.29 is 46.8 Å². The Morgan fingerprint density at radius 2 is 0.737 bits per heavy atom. The molecule has 0 aliphatic heterocycles. The van der Waals surface area contributed by atoms with E-state index < -0.39 is 0 Å². The predicted octanol–water partition coefficient (Wildman–Crippen LogP) is 5.51. The predicted molar refractivity (Wildman–Crippen MR) is 151 cm³/mol. The molecule has 0 heterocycles. The van der Waals surface area contributed by atoms with E-state index in [1.165, 1.54) is 32.9 Å². The van der Waals surface area contributed by atoms with Crippen molar-refractivity contribution in [2.45, 2.75) is 85.0 Å². The summed E-state index contributed by atoms with van der Waals surface area (Å²) < 4.78 is 0. The summed E-state index contributed by atoms with van der Waals surface area (Å²) in [5.74, 6) is 0.0551. The molecule has 0 aliphatic rings. The minimum absolute atomic E-state index is 0. The largest absolute Gasteiger partial charge is 0.512 e. The average Bonchev–Trinajstić information content (AvgIpc) is 2.82. The number of amides is 3. The number of aliphatic hydroxyl groups is 3. The Hall–Kier alpha value is -2.45. The molecule has 0 atom stereocenters. The number of hydrogen-bond acceptors (Lipinski definition) is 6. The number of rotatable bonds is 13. The second-order valence-electron chi connectivity index (χ2n) is 9.27. The van der Waals surface area contributed by atoms with E-state index in [-0.39, 0.29) is 52.1 Å². The summed E-state index contributed by atoms with van der Waals surface area (Å²) in [5, 5.41) is 27.7. The van der Waals surface area contributed by atoms with Gasteiger partial charge in [-0.2, -0.15) is 0 Å². The van der Waals surface area contributed by atoms with Crippen LogP contribution >= 0.6 is 0 Å². The molecule has 3 amide bonds. The van der Waals surface area contributed by atoms with Gasteiger partial charge in [0, 0.05) is 96.8 Å². The van der Waals surface area contributed by atoms with Crippen molar-refractivity contribution in [1.29, 1.82) is 0 Å². The van der Waals surface area contributed by atoms with Gasteiger partial charge in [-0.15, -0.1) is 0 Å². The Morgan fingerprint density at radius 3 is 0.947 bits per heavy atom. The van der Waals surface area contributed by atoms with Crippen molar-refractivity contribution in [2.24, 2.45) is 0 Å². The molecule has 0 saturated heterocycles. The van der Waals surface area contributed by atoms with Gasteiger partial charge >= 0.3 is 0 Å². The molecule has 0 bridgehead atoms. The molecule has 0 aromatic rings. The van der Waals surface area contributed by atoms with Crippen LogP contribution in [0.4, 0.5) is 0 Å². The molecule has 0 rings (SSSR count). The van der Waals surface area contributed by atoms with Gasteiger partial charge in [0.05, 0.1) is 17.3 Å². The molecule has 0 radical (unpaired) electrons. The standard InChI is InChI=1S/C10H19NO2.2C9H17NO2.Fe/c1-4-5-6-7-9(12)8-10(13)11(2)3;2*1-4-5-6-8(11)7-9(12)10(2)3;/h8,12H,4-7H2,1-3H3;2*7,11H,4-6H2,1-3H3;. The molecule has 9 nitrogen and oxygen atoms in total. The number of carbonyl (C=O) groups excluding carboxylic acids is 3. The molecular weight excluding hydrogens is 530 g/mol. The number of allylic oxidation sites excluding steroid dienone is 3. The third-order valence-corrected chi connectivity index (χ3v) is 4.80. The summed E-state index contributed by atoms with van der Waals surface area (Å²) in [5.41, 5.74) is 0. The maximum Gasteiger partial charge on any atom is 0.249 e. The van der Waals surface area contributed by atoms with Crippen molar-refractivity contribution in [3.05, 3.63) is 35.5 Å². The molecule has 0 spiro atoms. The Morgan fingerprint density at radius 1 is 0.500 bits per heavy atom. The van der Waals surface area contributed by atoms with Crippen molar-refractivity contribution in [3.8, 4) is 0 Å². The van der Waals surface area contributed by atoms with Crippen LogP contribution in [-0.4, -0.2) is 90.0 Å². The van der Waals surface area contributed by atoms with Crippen LogP contribution in [0.2, 0.25) is 0 Å². The molecule has 10 heteroatoms. The summed E-state index contributed by atoms with van der Waals surface area (Å²) in [4.78, 5) is 37.4. The van der Waals surface area contributed by atoms with Crippen molar-refractivity contribution >= 4 is 17.7 Å². The first-order valence-electron chi connectivity index (χ1n) is 13.1. The van der Waals surface area contributed by atoms with Gasteiger partial charge in [0.25, 0.3) is 0 Å². The fraction of sp³-hybridized carbons (Fsp3) is 0.679. The maximum atomic E-state index is 11.1. The molecule has 0 aromatic carbocycles. The fourth-order valence-corrected chi connectivity index (χ4v) is 2.30. The van der Waals surface area contributed by atoms with E-state index in [1.807, 2.05) is 13.8 Å². The van der Waals surface area contributed by atoms with Crippen LogP contribution in [-0.2, 0) is 31.5 Å². The quantitative estimate of drug-likeness (QED) is 0.114. The smallest absolute Gasteiger partial charge is 0.249 e. The van der Waals surface area contributed by atoms with Gasteiger partial charge in [-0.3, -0.25) is 14.4 Å². The van der Waals surface area contributed by atoms with Gasteiger partial charge in [0.2, 0.25) is 17.7 Å². The second kappa shape index (κ2) is 27.6. The summed E-state index contributed by atoms with van der Waals surface area (Å²) in [7, 11) is 9.96. The minimum Gasteiger partial charge on any atom is -0.512 e. The van der Waals surface area contributed by atoms with Gasteiger partial charge in [-0.25, -0.2) is 0 Å². The summed E-state index contributed by atoms with van der Waals surface area (Å²) >= 11 is 0. The monoisotopic (exact) mass is 583 g/mol. The van der Waals surface area contributed by atoms with Crippen molar-refractivity contribution in [1.82, 2.24) is 14.7 Å². The molecule has 0 fully saturated rings. The van der Waals surface area contributed by atoms with Crippen LogP contribution in [0, 0.1) is 0 Å². The first kappa shape index (κ1) is 42.6. The molecule has 0 unspecified atom stereocenters. The third kappa shape index (κ3) is 29.8. The van der Waals surface area contributed by atoms with Crippen LogP contribution in [0.15, 0.2) is 35.5 Å². The molecule has 0 aliphatic carbocycles. The van der Waals surface area contributed by atoms with E-state index in [2.05, 4.69) is 6.92 Å². The van der Waals surface area contributed by atoms with E-state index >= 15 is 0 Å². The Balaban J connectivity index is -0.000000225. The molecule has 0 aromatic heterocycles. The number of carbonyl (C=O) groups is 3. The fourth-order valence-electron chi connectivity index (χ4n) is 2.30. The van der Waals surface area contributed by atoms with Gasteiger partial charge in [-0.05, 0) is 19.3 Å². The summed E-state index contributed by atoms with van der Waals surface area (Å²) in [6.07, 6.45) is 12.7. The minimum atomic E-state index is -0.163. The first-order chi connectivity index (χ1) is 17.2. The molecule has 224 valence electrons. The Labute approximate surface area is 241 Å². The van der Waals surface area contributed by atoms with Crippen LogP contribution in [0.5, 0.6) is 0 Å². The van der Waals surface area contributed by atoms with E-state index in [9.17, 15) is 29.7 Å². The van der Waals surface area contributed by atoms with Gasteiger partial charge < -0.3 is 30.0 Å². The van der Waals surface area contributed by atoms with Gasteiger partial charge in [0.1, 0.15) is 0 Å². The van der Waals surface area contributed by atoms with Crippen molar-refractivity contribution in [3.63, 3.8) is 0 Å². The third-order valence-electron chi connectivity index (χ3n) is 4.80. The topological polar surface area (TPSA) is 122 Å². The van der Waals surface area contributed by atoms with Crippen LogP contribution in [0.1, 0.15) is 85.0 Å². The van der Waals surface area contributed by atoms with E-state index in [1.54, 1.807) is 42.3 Å². The van der Waals surface area contributed by atoms with Crippen LogP contribution < -0.4 is 0 Å². The normalized spacial score (nSPS) is 11.1. The average molecular weight is 584 g/mol. The summed E-state index contributed by atoms with van der Waals surface area (Å²) in [6.45, 7) is 6.19. The molecule has 0 saturated carbocycles. The number of aliphatic hydroxyl groups excluding tert-OH is 3. The molecule has 3 N–H and O–H groups in total. The Bertz CT molecular complexity index is 692. The van der Waals surface area contributed by atoms with Crippen LogP contribution in [0.3, 0.4) is 0 Å². The zero-order valence-electron chi connectivity index (χ0n) is 25.1. The number of nitrogens with zero attached hydrogens (tertiary/aromatic N) is 3. The van der Waals surface area contributed by atoms with Gasteiger partial charge in [0.15, 0.2) is 0 Å². The van der Waals surface area contributed by atoms with E-state index in [0.717, 1.165) is 44.9 Å². The SMILES string of the molecule is CCCCC(O)=CC(=O)N(C)C.CCCCC(O)=CC(=O)N(C)C.CCCCCC(O)=CC(=O)N(C)C.[Fe]. The molecular formula is C28H53FeN3O6. The van der Waals surface area contributed by atoms with E-state index in [0.29, 0.717) is 19.3 Å². The van der Waals surface area contributed by atoms with E-state index in [4.69, 9.17) is 0 Å². The number of likely N-dealkylation sites (N-methyl/N-ethyl adjacent to an activating group) is 3. The zero-order chi connectivity index (χ0) is 29.4. The Kier molecular flexibility index (Phi) is 30.9. The number of hydrogen-bond donors (Lipinski definition) is 3. The second-order valence-corrected chi connectivity index (χ2v) is 9.27. The molecule has 38 heavy (non-hydrogen) atoms. The number of unbranched alkanes of at least 4 members (excludes halogenated alkanes) is 4. The first-order valence-corrected chi connectivity index (χ1v) is 13.1. The van der Waals surface area contributed by atoms with Crippen LogP contribution in [0.25, 0.3) is 0 Å². The zero-order valence-corrected chi connectivity index (χ0v) is 26.2. The maximum absolute atomic E-state index is 11.1.